The van der Waals surface area contributed by atoms with Crippen LogP contribution in [-0.4, -0.2) is 8.75 Å². The average Bonchev–Trinajstić information content (AvgIpc) is 4.22. The van der Waals surface area contributed by atoms with Crippen molar-refractivity contribution in [2.75, 3.05) is 0 Å². The normalized spacial score (nSPS) is 12.0. The Labute approximate surface area is 439 Å². The number of fused-ring (bicyclic) bond motifs is 3. The molecule has 0 radical (unpaired) electrons. The Morgan fingerprint density at radius 3 is 1.28 bits per heavy atom. The Morgan fingerprint density at radius 1 is 0.377 bits per heavy atom. The minimum Gasteiger partial charge on any atom is -0.173 e. The van der Waals surface area contributed by atoms with Gasteiger partial charge in [-0.3, -0.25) is 0 Å². The molecule has 0 N–H and O–H groups in total. The van der Waals surface area contributed by atoms with Gasteiger partial charge in [-0.1, -0.05) is 194 Å². The zero-order valence-electron chi connectivity index (χ0n) is 44.0. The highest BCUT2D eigenvalue weighted by atomic mass is 32.1. The molecule has 0 aliphatic rings. The van der Waals surface area contributed by atoms with Gasteiger partial charge in [0.2, 0.25) is 0 Å². The molecule has 7 heteroatoms. The van der Waals surface area contributed by atoms with Gasteiger partial charge in [-0.15, -0.1) is 45.3 Å². The van der Waals surface area contributed by atoms with E-state index < -0.39 is 0 Å². The fourth-order valence-electron chi connectivity index (χ4n) is 10.8. The summed E-state index contributed by atoms with van der Waals surface area (Å²) < 4.78 is 12.8. The molecule has 0 saturated heterocycles. The van der Waals surface area contributed by atoms with E-state index in [9.17, 15) is 0 Å². The first-order valence-electron chi connectivity index (χ1n) is 28.4. The molecule has 0 fully saturated rings. The summed E-state index contributed by atoms with van der Waals surface area (Å²) in [5.74, 6) is 0. The van der Waals surface area contributed by atoms with Crippen LogP contribution in [0.4, 0.5) is 0 Å². The summed E-state index contributed by atoms with van der Waals surface area (Å²) in [7, 11) is 0. The summed E-state index contributed by atoms with van der Waals surface area (Å²) in [6, 6.07) is 15.0. The van der Waals surface area contributed by atoms with E-state index in [0.717, 1.165) is 17.5 Å². The second-order valence-corrected chi connectivity index (χ2v) is 25.7. The van der Waals surface area contributed by atoms with Gasteiger partial charge in [0.05, 0.1) is 11.7 Å². The van der Waals surface area contributed by atoms with Crippen molar-refractivity contribution in [3.63, 3.8) is 0 Å². The van der Waals surface area contributed by atoms with E-state index >= 15 is 0 Å². The molecule has 2 aromatic carbocycles. The molecule has 7 aromatic rings. The highest BCUT2D eigenvalue weighted by molar-refractivity contribution is 7.28. The van der Waals surface area contributed by atoms with Gasteiger partial charge >= 0.3 is 0 Å². The highest BCUT2D eigenvalue weighted by Gasteiger charge is 2.24. The Balaban J connectivity index is 1.28. The molecule has 7 rings (SSSR count). The van der Waals surface area contributed by atoms with Crippen molar-refractivity contribution < 1.29 is 0 Å². The Morgan fingerprint density at radius 2 is 0.783 bits per heavy atom. The first-order chi connectivity index (χ1) is 33.9. The van der Waals surface area contributed by atoms with Crippen molar-refractivity contribution in [2.45, 2.75) is 247 Å². The standard InChI is InChI=1S/C62H88N2S5/c1-7-11-15-19-21-23-25-27-29-33-37-49-52-43-55(59-47(41-46(6)65-59)35-31-17-13-9-3)67-61(52)50(38-34-30-28-26-24-22-20-16-12-8-2)53-44-56(68-62(49)53)60-48(36-32-18-14-10-4)42-54(66-60)51-40-39-45(5)57-58(51)64-69-63-57/h39-44H,7-38H2,1-6H3. The summed E-state index contributed by atoms with van der Waals surface area (Å²) in [4.78, 5) is 8.89. The third kappa shape index (κ3) is 15.1. The van der Waals surface area contributed by atoms with E-state index in [1.807, 2.05) is 11.3 Å². The lowest BCUT2D eigenvalue weighted by Gasteiger charge is -2.12. The number of hydrogen-bond acceptors (Lipinski definition) is 7. The van der Waals surface area contributed by atoms with Gasteiger partial charge in [0.1, 0.15) is 11.0 Å². The summed E-state index contributed by atoms with van der Waals surface area (Å²) in [6.45, 7) is 13.8. The van der Waals surface area contributed by atoms with Gasteiger partial charge in [0.15, 0.2) is 0 Å². The van der Waals surface area contributed by atoms with Crippen LogP contribution in [0.15, 0.2) is 36.4 Å². The fourth-order valence-corrected chi connectivity index (χ4v) is 16.5. The minimum atomic E-state index is 1.06. The highest BCUT2D eigenvalue weighted by Crippen LogP contribution is 2.51. The van der Waals surface area contributed by atoms with Crippen LogP contribution < -0.4 is 0 Å². The molecule has 0 unspecified atom stereocenters. The van der Waals surface area contributed by atoms with Crippen LogP contribution in [0.1, 0.15) is 240 Å². The molecule has 0 spiro atoms. The lowest BCUT2D eigenvalue weighted by molar-refractivity contribution is 0.556. The van der Waals surface area contributed by atoms with Crippen LogP contribution in [0, 0.1) is 13.8 Å². The van der Waals surface area contributed by atoms with E-state index in [1.165, 1.54) is 252 Å². The van der Waals surface area contributed by atoms with E-state index in [-0.39, 0.29) is 0 Å². The van der Waals surface area contributed by atoms with Crippen LogP contribution in [0.3, 0.4) is 0 Å². The molecule has 5 aromatic heterocycles. The van der Waals surface area contributed by atoms with E-state index in [2.05, 4.69) is 112 Å². The predicted octanol–water partition coefficient (Wildman–Crippen LogP) is 23.0. The minimum absolute atomic E-state index is 1.06. The van der Waals surface area contributed by atoms with Crippen molar-refractivity contribution in [1.82, 2.24) is 8.75 Å². The number of unbranched alkanes of at least 4 members (excludes halogenated alkanes) is 24. The quantitative estimate of drug-likeness (QED) is 0.0370. The first kappa shape index (κ1) is 54.4. The number of nitrogens with zero attached hydrogens (tertiary/aromatic N) is 2. The molecule has 0 amide bonds. The molecular weight excluding hydrogens is 933 g/mol. The third-order valence-corrected chi connectivity index (χ3v) is 20.5. The van der Waals surface area contributed by atoms with Crippen LogP contribution in [0.25, 0.3) is 61.2 Å². The summed E-state index contributed by atoms with van der Waals surface area (Å²) >= 11 is 9.72. The topological polar surface area (TPSA) is 25.8 Å². The lowest BCUT2D eigenvalue weighted by Crippen LogP contribution is -1.93. The summed E-state index contributed by atoms with van der Waals surface area (Å²) in [5.41, 5.74) is 11.0. The molecule has 0 aliphatic carbocycles. The van der Waals surface area contributed by atoms with Crippen molar-refractivity contribution in [3.05, 3.63) is 69.1 Å². The summed E-state index contributed by atoms with van der Waals surface area (Å²) in [5, 5.41) is 3.16. The van der Waals surface area contributed by atoms with Gasteiger partial charge < -0.3 is 0 Å². The maximum Gasteiger partial charge on any atom is 0.113 e. The molecule has 0 bridgehead atoms. The number of benzene rings is 2. The zero-order chi connectivity index (χ0) is 48.2. The smallest absolute Gasteiger partial charge is 0.113 e. The van der Waals surface area contributed by atoms with E-state index in [0.29, 0.717) is 0 Å². The van der Waals surface area contributed by atoms with Gasteiger partial charge in [-0.25, -0.2) is 0 Å². The van der Waals surface area contributed by atoms with E-state index in [4.69, 9.17) is 8.75 Å². The fraction of sp³-hybridized carbons (Fsp3) is 0.613. The van der Waals surface area contributed by atoms with Gasteiger partial charge in [-0.05, 0) is 128 Å². The lowest BCUT2D eigenvalue weighted by atomic mass is 9.94. The van der Waals surface area contributed by atoms with Crippen molar-refractivity contribution in [3.8, 4) is 29.9 Å². The van der Waals surface area contributed by atoms with Gasteiger partial charge in [0, 0.05) is 44.2 Å². The third-order valence-electron chi connectivity index (χ3n) is 14.9. The molecule has 5 heterocycles. The van der Waals surface area contributed by atoms with Crippen molar-refractivity contribution in [2.24, 2.45) is 0 Å². The maximum atomic E-state index is 4.87. The molecule has 0 atom stereocenters. The Kier molecular flexibility index (Phi) is 23.1. The summed E-state index contributed by atoms with van der Waals surface area (Å²) in [6.07, 6.45) is 42.7. The maximum absolute atomic E-state index is 4.87. The number of aromatic nitrogens is 2. The molecular formula is C62H88N2S5. The first-order valence-corrected chi connectivity index (χ1v) is 32.4. The largest absolute Gasteiger partial charge is 0.173 e. The number of rotatable bonds is 35. The Bertz CT molecular complexity index is 2500. The van der Waals surface area contributed by atoms with Crippen LogP contribution in [0.2, 0.25) is 0 Å². The van der Waals surface area contributed by atoms with E-state index in [1.54, 1.807) is 41.7 Å². The zero-order valence-corrected chi connectivity index (χ0v) is 48.1. The predicted molar refractivity (Wildman–Crippen MR) is 317 cm³/mol. The van der Waals surface area contributed by atoms with Gasteiger partial charge in [-0.2, -0.15) is 8.75 Å². The molecule has 69 heavy (non-hydrogen) atoms. The number of thiophene rings is 4. The monoisotopic (exact) mass is 1020 g/mol. The average molecular weight is 1020 g/mol. The number of hydrogen-bond donors (Lipinski definition) is 0. The van der Waals surface area contributed by atoms with Crippen LogP contribution >= 0.6 is 57.1 Å². The molecule has 2 nitrogen and oxygen atoms in total. The van der Waals surface area contributed by atoms with Crippen molar-refractivity contribution >= 4 is 88.3 Å². The van der Waals surface area contributed by atoms with Crippen molar-refractivity contribution in [1.29, 1.82) is 0 Å². The Hall–Kier alpha value is -2.42. The van der Waals surface area contributed by atoms with Crippen LogP contribution in [-0.2, 0) is 25.7 Å². The number of aryl methyl sites for hydroxylation is 6. The second kappa shape index (κ2) is 29.3. The van der Waals surface area contributed by atoms with Gasteiger partial charge in [0.25, 0.3) is 0 Å². The SMILES string of the molecule is CCCCCCCCCCCCc1c2cc(-c3sc(-c4ccc(C)c5nsnc45)cc3CCCCCC)sc2c(CCCCCCCCCCCC)c2cc(-c3sc(C)cc3CCCCCC)sc12. The second-order valence-electron chi connectivity index (χ2n) is 20.7. The molecule has 0 saturated carbocycles. The van der Waals surface area contributed by atoms with Crippen LogP contribution in [0.5, 0.6) is 0 Å². The molecule has 376 valence electrons. The molecule has 0 aliphatic heterocycles.